The first-order valence-corrected chi connectivity index (χ1v) is 6.54. The van der Waals surface area contributed by atoms with Crippen molar-refractivity contribution in [3.8, 4) is 0 Å². The van der Waals surface area contributed by atoms with Gasteiger partial charge in [0, 0.05) is 24.8 Å². The van der Waals surface area contributed by atoms with E-state index in [1.807, 2.05) is 13.0 Å². The average Bonchev–Trinajstić information content (AvgIpc) is 3.03. The molecule has 0 saturated heterocycles. The summed E-state index contributed by atoms with van der Waals surface area (Å²) in [5.74, 6) is -1.05. The summed E-state index contributed by atoms with van der Waals surface area (Å²) < 4.78 is 1.52. The highest BCUT2D eigenvalue weighted by atomic mass is 16.2. The van der Waals surface area contributed by atoms with Crippen LogP contribution in [0.2, 0.25) is 0 Å². The summed E-state index contributed by atoms with van der Waals surface area (Å²) in [6.07, 6.45) is 4.69. The van der Waals surface area contributed by atoms with Gasteiger partial charge < -0.3 is 16.0 Å². The molecule has 0 saturated carbocycles. The fraction of sp³-hybridized carbons (Fsp3) is 0.143. The second-order valence-electron chi connectivity index (χ2n) is 5.00. The third kappa shape index (κ3) is 2.30. The highest BCUT2D eigenvalue weighted by Gasteiger charge is 2.19. The van der Waals surface area contributed by atoms with Crippen molar-refractivity contribution in [3.63, 3.8) is 0 Å². The number of pyridine rings is 1. The molecule has 112 valence electrons. The van der Waals surface area contributed by atoms with Gasteiger partial charge in [-0.25, -0.2) is 4.98 Å². The van der Waals surface area contributed by atoms with E-state index in [4.69, 9.17) is 5.73 Å². The molecule has 3 heterocycles. The van der Waals surface area contributed by atoms with Crippen molar-refractivity contribution < 1.29 is 9.59 Å². The quantitative estimate of drug-likeness (QED) is 0.667. The maximum absolute atomic E-state index is 12.3. The number of carbonyl (C=O) groups excluding carboxylic acids is 2. The van der Waals surface area contributed by atoms with Gasteiger partial charge in [-0.3, -0.25) is 14.3 Å². The number of aromatic amines is 1. The number of nitrogens with zero attached hydrogens (tertiary/aromatic N) is 3. The van der Waals surface area contributed by atoms with E-state index < -0.39 is 5.91 Å². The number of H-pyrrole nitrogens is 1. The number of nitrogens with two attached hydrogens (primary N) is 1. The van der Waals surface area contributed by atoms with Crippen LogP contribution in [0.15, 0.2) is 24.7 Å². The minimum Gasteiger partial charge on any atom is -0.364 e. The molecule has 0 aliphatic rings. The largest absolute Gasteiger partial charge is 0.364 e. The molecule has 0 radical (unpaired) electrons. The number of carbonyl (C=O) groups is 2. The number of rotatable bonds is 3. The topological polar surface area (TPSA) is 119 Å². The summed E-state index contributed by atoms with van der Waals surface area (Å²) in [7, 11) is 1.71. The molecule has 4 N–H and O–H groups in total. The third-order valence-electron chi connectivity index (χ3n) is 3.24. The molecule has 0 atom stereocenters. The molecule has 3 aromatic heterocycles. The molecule has 3 rings (SSSR count). The lowest BCUT2D eigenvalue weighted by atomic mass is 10.2. The number of aromatic nitrogens is 4. The molecule has 3 aromatic rings. The highest BCUT2D eigenvalue weighted by molar-refractivity contribution is 6.14. The molecule has 0 aromatic carbocycles. The number of aryl methyl sites for hydroxylation is 2. The Labute approximate surface area is 125 Å². The molecule has 0 aliphatic carbocycles. The van der Waals surface area contributed by atoms with Gasteiger partial charge in [0.1, 0.15) is 11.3 Å². The molecule has 2 amide bonds. The van der Waals surface area contributed by atoms with E-state index in [0.717, 1.165) is 5.56 Å². The number of nitrogens with one attached hydrogen (secondary N) is 2. The molecular formula is C14H14N6O2. The Morgan fingerprint density at radius 3 is 2.77 bits per heavy atom. The monoisotopic (exact) mass is 298 g/mol. The summed E-state index contributed by atoms with van der Waals surface area (Å²) >= 11 is 0. The number of anilines is 1. The van der Waals surface area contributed by atoms with Crippen LogP contribution in [-0.4, -0.2) is 31.6 Å². The van der Waals surface area contributed by atoms with Gasteiger partial charge >= 0.3 is 0 Å². The number of hydrogen-bond acceptors (Lipinski definition) is 4. The molecule has 8 nitrogen and oxygen atoms in total. The van der Waals surface area contributed by atoms with Gasteiger partial charge in [0.25, 0.3) is 11.8 Å². The predicted molar refractivity (Wildman–Crippen MR) is 80.5 cm³/mol. The van der Waals surface area contributed by atoms with Gasteiger partial charge in [0.15, 0.2) is 0 Å². The first kappa shape index (κ1) is 13.8. The third-order valence-corrected chi connectivity index (χ3v) is 3.24. The van der Waals surface area contributed by atoms with E-state index in [-0.39, 0.29) is 11.6 Å². The Kier molecular flexibility index (Phi) is 3.13. The first-order valence-electron chi connectivity index (χ1n) is 6.54. The fourth-order valence-electron chi connectivity index (χ4n) is 2.21. The zero-order valence-corrected chi connectivity index (χ0v) is 12.0. The smallest absolute Gasteiger partial charge is 0.267 e. The van der Waals surface area contributed by atoms with Gasteiger partial charge in [-0.2, -0.15) is 5.10 Å². The van der Waals surface area contributed by atoms with Gasteiger partial charge in [-0.15, -0.1) is 0 Å². The van der Waals surface area contributed by atoms with E-state index in [1.165, 1.54) is 10.9 Å². The van der Waals surface area contributed by atoms with Crippen molar-refractivity contribution in [3.05, 3.63) is 41.5 Å². The molecule has 0 fully saturated rings. The Morgan fingerprint density at radius 1 is 1.36 bits per heavy atom. The zero-order chi connectivity index (χ0) is 15.9. The summed E-state index contributed by atoms with van der Waals surface area (Å²) in [6.45, 7) is 1.87. The Bertz CT molecular complexity index is 892. The van der Waals surface area contributed by atoms with Crippen LogP contribution in [0.25, 0.3) is 11.0 Å². The van der Waals surface area contributed by atoms with E-state index in [9.17, 15) is 9.59 Å². The molecule has 8 heteroatoms. The molecule has 0 spiro atoms. The molecule has 0 unspecified atom stereocenters. The van der Waals surface area contributed by atoms with Crippen LogP contribution >= 0.6 is 0 Å². The standard InChI is InChI=1S/C14H14N6O2/c1-7-3-9-10(11(12(15)21)18-13(9)16-4-7)19-14(22)8-5-17-20(2)6-8/h3-6H,1-2H3,(H2,15,21)(H,16,18)(H,19,22). The minimum absolute atomic E-state index is 0.116. The van der Waals surface area contributed by atoms with Crippen LogP contribution in [0.3, 0.4) is 0 Å². The van der Waals surface area contributed by atoms with Crippen molar-refractivity contribution in [1.29, 1.82) is 0 Å². The van der Waals surface area contributed by atoms with E-state index in [1.54, 1.807) is 19.4 Å². The second kappa shape index (κ2) is 4.99. The molecule has 0 aliphatic heterocycles. The van der Waals surface area contributed by atoms with Crippen LogP contribution < -0.4 is 11.1 Å². The minimum atomic E-state index is -0.669. The van der Waals surface area contributed by atoms with Gasteiger partial charge in [-0.05, 0) is 18.6 Å². The summed E-state index contributed by atoms with van der Waals surface area (Å²) in [6, 6.07) is 1.82. The maximum atomic E-state index is 12.3. The maximum Gasteiger partial charge on any atom is 0.267 e. The molecule has 22 heavy (non-hydrogen) atoms. The lowest BCUT2D eigenvalue weighted by molar-refractivity contribution is 0.0997. The average molecular weight is 298 g/mol. The number of fused-ring (bicyclic) bond motifs is 1. The molecular weight excluding hydrogens is 284 g/mol. The van der Waals surface area contributed by atoms with Crippen molar-refractivity contribution in [1.82, 2.24) is 19.7 Å². The van der Waals surface area contributed by atoms with Crippen molar-refractivity contribution in [2.24, 2.45) is 12.8 Å². The van der Waals surface area contributed by atoms with E-state index >= 15 is 0 Å². The number of amides is 2. The van der Waals surface area contributed by atoms with E-state index in [2.05, 4.69) is 20.4 Å². The van der Waals surface area contributed by atoms with Gasteiger partial charge in [0.05, 0.1) is 17.4 Å². The Hall–Kier alpha value is -3.16. The molecule has 0 bridgehead atoms. The highest BCUT2D eigenvalue weighted by Crippen LogP contribution is 2.27. The van der Waals surface area contributed by atoms with Crippen LogP contribution in [0.4, 0.5) is 5.69 Å². The van der Waals surface area contributed by atoms with Crippen LogP contribution in [0.5, 0.6) is 0 Å². The van der Waals surface area contributed by atoms with Gasteiger partial charge in [-0.1, -0.05) is 0 Å². The summed E-state index contributed by atoms with van der Waals surface area (Å²) in [4.78, 5) is 30.9. The Balaban J connectivity index is 2.08. The van der Waals surface area contributed by atoms with Crippen molar-refractivity contribution in [2.45, 2.75) is 6.92 Å². The Morgan fingerprint density at radius 2 is 2.14 bits per heavy atom. The van der Waals surface area contributed by atoms with Crippen molar-refractivity contribution >= 4 is 28.5 Å². The van der Waals surface area contributed by atoms with E-state index in [0.29, 0.717) is 22.3 Å². The predicted octanol–water partition coefficient (Wildman–Crippen LogP) is 0.956. The summed E-state index contributed by atoms with van der Waals surface area (Å²) in [5.41, 5.74) is 7.58. The number of hydrogen-bond donors (Lipinski definition) is 3. The lowest BCUT2D eigenvalue weighted by Crippen LogP contribution is -2.17. The van der Waals surface area contributed by atoms with Crippen LogP contribution in [0, 0.1) is 6.92 Å². The zero-order valence-electron chi connectivity index (χ0n) is 12.0. The van der Waals surface area contributed by atoms with Crippen LogP contribution in [0.1, 0.15) is 26.4 Å². The normalized spacial score (nSPS) is 10.8. The van der Waals surface area contributed by atoms with Crippen molar-refractivity contribution in [2.75, 3.05) is 5.32 Å². The SMILES string of the molecule is Cc1cnc2[nH]c(C(N)=O)c(NC(=O)c3cnn(C)c3)c2c1. The number of primary amides is 1. The fourth-order valence-corrected chi connectivity index (χ4v) is 2.21. The first-order chi connectivity index (χ1) is 10.5. The van der Waals surface area contributed by atoms with Gasteiger partial charge in [0.2, 0.25) is 0 Å². The van der Waals surface area contributed by atoms with Crippen LogP contribution in [-0.2, 0) is 7.05 Å². The summed E-state index contributed by atoms with van der Waals surface area (Å²) in [5, 5.41) is 7.28. The second-order valence-corrected chi connectivity index (χ2v) is 5.00. The lowest BCUT2D eigenvalue weighted by Gasteiger charge is -2.04.